The first-order valence-corrected chi connectivity index (χ1v) is 9.50. The van der Waals surface area contributed by atoms with E-state index in [4.69, 9.17) is 4.74 Å². The molecule has 0 radical (unpaired) electrons. The Hall–Kier alpha value is -2.90. The minimum Gasteiger partial charge on any atom is -0.455 e. The van der Waals surface area contributed by atoms with Crippen LogP contribution in [0.4, 0.5) is 10.5 Å². The molecule has 1 aliphatic heterocycles. The van der Waals surface area contributed by atoms with Crippen LogP contribution in [0.3, 0.4) is 0 Å². The molecule has 152 valence electrons. The molecule has 1 saturated heterocycles. The highest BCUT2D eigenvalue weighted by Gasteiger charge is 2.37. The van der Waals surface area contributed by atoms with Gasteiger partial charge in [0, 0.05) is 24.7 Å². The molecular weight excluding hydrogens is 362 g/mol. The molecule has 4 amide bonds. The number of rotatable bonds is 7. The molecule has 0 spiro atoms. The van der Waals surface area contributed by atoms with Gasteiger partial charge in [-0.05, 0) is 31.4 Å². The molecule has 1 heterocycles. The first kappa shape index (κ1) is 21.4. The van der Waals surface area contributed by atoms with E-state index >= 15 is 0 Å². The monoisotopic (exact) mass is 389 g/mol. The molecule has 2 atom stereocenters. The van der Waals surface area contributed by atoms with E-state index in [-0.39, 0.29) is 24.9 Å². The Kier molecular flexibility index (Phi) is 7.54. The quantitative estimate of drug-likeness (QED) is 0.692. The standard InChI is InChI=1S/C20H27N3O5/c1-4-13(3)21-20(27)22-17(24)12-28-19(26)15-10-18(25)23(11-15)16-9-7-6-8-14(16)5-2/h6-9,13,15H,4-5,10-12H2,1-3H3,(H2,21,22,24,27)/t13-,15+/m0/s1. The van der Waals surface area contributed by atoms with Gasteiger partial charge in [0.15, 0.2) is 6.61 Å². The number of hydrogen-bond donors (Lipinski definition) is 2. The van der Waals surface area contributed by atoms with Crippen LogP contribution in [0.15, 0.2) is 24.3 Å². The highest BCUT2D eigenvalue weighted by Crippen LogP contribution is 2.29. The topological polar surface area (TPSA) is 105 Å². The van der Waals surface area contributed by atoms with Crippen LogP contribution in [-0.4, -0.2) is 43.0 Å². The van der Waals surface area contributed by atoms with Crippen LogP contribution < -0.4 is 15.5 Å². The van der Waals surface area contributed by atoms with Crippen molar-refractivity contribution in [3.8, 4) is 0 Å². The molecule has 1 fully saturated rings. The van der Waals surface area contributed by atoms with E-state index < -0.39 is 30.4 Å². The van der Waals surface area contributed by atoms with Crippen LogP contribution in [0.25, 0.3) is 0 Å². The lowest BCUT2D eigenvalue weighted by atomic mass is 10.1. The summed E-state index contributed by atoms with van der Waals surface area (Å²) >= 11 is 0. The summed E-state index contributed by atoms with van der Waals surface area (Å²) in [6.45, 7) is 5.36. The Bertz CT molecular complexity index is 749. The fourth-order valence-corrected chi connectivity index (χ4v) is 2.95. The van der Waals surface area contributed by atoms with Crippen molar-refractivity contribution >= 4 is 29.5 Å². The third-order valence-electron chi connectivity index (χ3n) is 4.71. The van der Waals surface area contributed by atoms with Gasteiger partial charge in [0.05, 0.1) is 5.92 Å². The van der Waals surface area contributed by atoms with Crippen molar-refractivity contribution in [2.75, 3.05) is 18.1 Å². The van der Waals surface area contributed by atoms with E-state index in [1.165, 1.54) is 0 Å². The number of nitrogens with zero attached hydrogens (tertiary/aromatic N) is 1. The predicted molar refractivity (Wildman–Crippen MR) is 104 cm³/mol. The first-order chi connectivity index (χ1) is 13.3. The summed E-state index contributed by atoms with van der Waals surface area (Å²) in [4.78, 5) is 49.5. The molecule has 0 saturated carbocycles. The van der Waals surface area contributed by atoms with E-state index in [1.54, 1.807) is 4.90 Å². The summed E-state index contributed by atoms with van der Waals surface area (Å²) in [5, 5.41) is 4.69. The van der Waals surface area contributed by atoms with Crippen LogP contribution >= 0.6 is 0 Å². The van der Waals surface area contributed by atoms with Gasteiger partial charge in [-0.1, -0.05) is 32.0 Å². The molecule has 0 bridgehead atoms. The highest BCUT2D eigenvalue weighted by atomic mass is 16.5. The molecule has 1 aromatic carbocycles. The third kappa shape index (κ3) is 5.55. The normalized spacial score (nSPS) is 17.2. The second-order valence-corrected chi connectivity index (χ2v) is 6.83. The molecule has 0 aliphatic carbocycles. The number of carbonyl (C=O) groups is 4. The molecule has 8 nitrogen and oxygen atoms in total. The lowest BCUT2D eigenvalue weighted by molar-refractivity contribution is -0.152. The Labute approximate surface area is 164 Å². The van der Waals surface area contributed by atoms with Crippen molar-refractivity contribution in [1.29, 1.82) is 0 Å². The third-order valence-corrected chi connectivity index (χ3v) is 4.71. The van der Waals surface area contributed by atoms with Gasteiger partial charge in [-0.15, -0.1) is 0 Å². The molecule has 1 aliphatic rings. The van der Waals surface area contributed by atoms with Crippen molar-refractivity contribution in [1.82, 2.24) is 10.6 Å². The molecule has 1 aromatic rings. The van der Waals surface area contributed by atoms with Gasteiger partial charge in [0.2, 0.25) is 5.91 Å². The van der Waals surface area contributed by atoms with Gasteiger partial charge >= 0.3 is 12.0 Å². The van der Waals surface area contributed by atoms with Gasteiger partial charge in [-0.3, -0.25) is 19.7 Å². The molecule has 8 heteroatoms. The Balaban J connectivity index is 1.86. The van der Waals surface area contributed by atoms with Gasteiger partial charge < -0.3 is 15.0 Å². The number of nitrogens with one attached hydrogen (secondary N) is 2. The number of amides is 4. The van der Waals surface area contributed by atoms with Crippen LogP contribution in [0.1, 0.15) is 39.2 Å². The van der Waals surface area contributed by atoms with Crippen molar-refractivity contribution in [2.24, 2.45) is 5.92 Å². The number of carbonyl (C=O) groups excluding carboxylic acids is 4. The highest BCUT2D eigenvalue weighted by molar-refractivity contribution is 6.00. The zero-order valence-corrected chi connectivity index (χ0v) is 16.5. The van der Waals surface area contributed by atoms with Crippen LogP contribution in [0, 0.1) is 5.92 Å². The van der Waals surface area contributed by atoms with Crippen molar-refractivity contribution in [3.05, 3.63) is 29.8 Å². The number of urea groups is 1. The smallest absolute Gasteiger partial charge is 0.321 e. The number of hydrogen-bond acceptors (Lipinski definition) is 5. The Morgan fingerprint density at radius 3 is 2.64 bits per heavy atom. The summed E-state index contributed by atoms with van der Waals surface area (Å²) in [5.41, 5.74) is 1.82. The Morgan fingerprint density at radius 1 is 1.25 bits per heavy atom. The minimum atomic E-state index is -0.716. The average Bonchev–Trinajstić information content (AvgIpc) is 3.07. The molecule has 0 aromatic heterocycles. The number of esters is 1. The SMILES string of the molecule is CCc1ccccc1N1C[C@H](C(=O)OCC(=O)NC(=O)N[C@@H](C)CC)CC1=O. The van der Waals surface area contributed by atoms with Gasteiger partial charge in [-0.25, -0.2) is 4.79 Å². The first-order valence-electron chi connectivity index (χ1n) is 9.50. The van der Waals surface area contributed by atoms with E-state index in [0.29, 0.717) is 0 Å². The number of aryl methyl sites for hydroxylation is 1. The number of benzene rings is 1. The van der Waals surface area contributed by atoms with Gasteiger partial charge in [-0.2, -0.15) is 0 Å². The second-order valence-electron chi connectivity index (χ2n) is 6.83. The average molecular weight is 389 g/mol. The molecule has 0 unspecified atom stereocenters. The zero-order valence-electron chi connectivity index (χ0n) is 16.5. The second kappa shape index (κ2) is 9.87. The van der Waals surface area contributed by atoms with Crippen LogP contribution in [0.2, 0.25) is 0 Å². The molecule has 2 rings (SSSR count). The molecule has 28 heavy (non-hydrogen) atoms. The van der Waals surface area contributed by atoms with E-state index in [9.17, 15) is 19.2 Å². The van der Waals surface area contributed by atoms with Gasteiger partial charge in [0.1, 0.15) is 0 Å². The summed E-state index contributed by atoms with van der Waals surface area (Å²) in [6, 6.07) is 6.86. The van der Waals surface area contributed by atoms with Crippen LogP contribution in [0.5, 0.6) is 0 Å². The predicted octanol–water partition coefficient (Wildman–Crippen LogP) is 1.77. The maximum absolute atomic E-state index is 12.4. The lowest BCUT2D eigenvalue weighted by Gasteiger charge is -2.19. The number of para-hydroxylation sites is 1. The van der Waals surface area contributed by atoms with Crippen molar-refractivity contribution in [2.45, 2.75) is 46.1 Å². The van der Waals surface area contributed by atoms with E-state index in [1.807, 2.05) is 45.0 Å². The van der Waals surface area contributed by atoms with Crippen molar-refractivity contribution in [3.63, 3.8) is 0 Å². The number of ether oxygens (including phenoxy) is 1. The lowest BCUT2D eigenvalue weighted by Crippen LogP contribution is -2.44. The minimum absolute atomic E-state index is 0.0347. The molecule has 2 N–H and O–H groups in total. The number of imide groups is 1. The summed E-state index contributed by atoms with van der Waals surface area (Å²) < 4.78 is 5.00. The summed E-state index contributed by atoms with van der Waals surface area (Å²) in [6.07, 6.45) is 1.53. The zero-order chi connectivity index (χ0) is 20.7. The van der Waals surface area contributed by atoms with E-state index in [2.05, 4.69) is 10.6 Å². The van der Waals surface area contributed by atoms with Gasteiger partial charge in [0.25, 0.3) is 5.91 Å². The fraction of sp³-hybridized carbons (Fsp3) is 0.500. The maximum Gasteiger partial charge on any atom is 0.321 e. The summed E-state index contributed by atoms with van der Waals surface area (Å²) in [5.74, 6) is -2.13. The summed E-state index contributed by atoms with van der Waals surface area (Å²) in [7, 11) is 0. The van der Waals surface area contributed by atoms with Crippen LogP contribution in [-0.2, 0) is 25.5 Å². The largest absolute Gasteiger partial charge is 0.455 e. The maximum atomic E-state index is 12.4. The Morgan fingerprint density at radius 2 is 1.96 bits per heavy atom. The van der Waals surface area contributed by atoms with E-state index in [0.717, 1.165) is 24.1 Å². The van der Waals surface area contributed by atoms with Crippen molar-refractivity contribution < 1.29 is 23.9 Å². The molecular formula is C20H27N3O5. The number of anilines is 1. The fourth-order valence-electron chi connectivity index (χ4n) is 2.95.